The summed E-state index contributed by atoms with van der Waals surface area (Å²) in [7, 11) is 1.55. The van der Waals surface area contributed by atoms with Crippen molar-refractivity contribution < 1.29 is 4.74 Å². The van der Waals surface area contributed by atoms with Gasteiger partial charge in [-0.25, -0.2) is 9.97 Å². The van der Waals surface area contributed by atoms with Crippen molar-refractivity contribution in [3.8, 4) is 5.75 Å². The van der Waals surface area contributed by atoms with E-state index in [2.05, 4.69) is 26.3 Å². The summed E-state index contributed by atoms with van der Waals surface area (Å²) in [6, 6.07) is 6.07. The summed E-state index contributed by atoms with van der Waals surface area (Å²) < 4.78 is 5.29. The average molecular weight is 321 g/mol. The Morgan fingerprint density at radius 3 is 2.95 bits per heavy atom. The van der Waals surface area contributed by atoms with Crippen LogP contribution in [0.25, 0.3) is 0 Å². The lowest BCUT2D eigenvalue weighted by Gasteiger charge is -2.12. The van der Waals surface area contributed by atoms with Gasteiger partial charge < -0.3 is 10.1 Å². The van der Waals surface area contributed by atoms with Crippen molar-refractivity contribution in [1.82, 2.24) is 9.97 Å². The zero-order valence-electron chi connectivity index (χ0n) is 11.6. The van der Waals surface area contributed by atoms with Gasteiger partial charge in [-0.2, -0.15) is 0 Å². The van der Waals surface area contributed by atoms with Crippen LogP contribution in [0, 0.1) is 0 Å². The highest BCUT2D eigenvalue weighted by Crippen LogP contribution is 2.34. The SMILES string of the molecule is COc1c(Cl)nc(SC)nc1Nc1ccc2c(c1)C=NC2. The standard InChI is InChI=1S/C14H13ClN4OS/c1-20-11-12(15)18-14(21-2)19-13(11)17-10-4-3-8-6-16-7-9(8)5-10/h3-5,7H,6H2,1-2H3,(H,17,18,19). The minimum absolute atomic E-state index is 0.294. The van der Waals surface area contributed by atoms with E-state index in [1.807, 2.05) is 24.6 Å². The second kappa shape index (κ2) is 5.91. The molecule has 1 aliphatic heterocycles. The van der Waals surface area contributed by atoms with Crippen LogP contribution in [0.3, 0.4) is 0 Å². The molecule has 0 aliphatic carbocycles. The molecule has 1 aromatic carbocycles. The lowest BCUT2D eigenvalue weighted by Crippen LogP contribution is -2.02. The van der Waals surface area contributed by atoms with Crippen LogP contribution < -0.4 is 10.1 Å². The van der Waals surface area contributed by atoms with Crippen LogP contribution in [0.15, 0.2) is 28.3 Å². The number of anilines is 2. The third-order valence-corrected chi connectivity index (χ3v) is 3.89. The molecule has 0 saturated carbocycles. The van der Waals surface area contributed by atoms with E-state index >= 15 is 0 Å². The molecule has 0 saturated heterocycles. The summed E-state index contributed by atoms with van der Waals surface area (Å²) >= 11 is 7.55. The summed E-state index contributed by atoms with van der Waals surface area (Å²) in [5.41, 5.74) is 3.24. The highest BCUT2D eigenvalue weighted by Gasteiger charge is 2.15. The lowest BCUT2D eigenvalue weighted by atomic mass is 10.1. The van der Waals surface area contributed by atoms with Gasteiger partial charge in [-0.1, -0.05) is 29.4 Å². The predicted molar refractivity (Wildman–Crippen MR) is 86.4 cm³/mol. The molecule has 0 radical (unpaired) electrons. The van der Waals surface area contributed by atoms with Crippen molar-refractivity contribution in [3.63, 3.8) is 0 Å². The average Bonchev–Trinajstić information content (AvgIpc) is 2.94. The van der Waals surface area contributed by atoms with E-state index in [0.717, 1.165) is 17.8 Å². The van der Waals surface area contributed by atoms with Crippen LogP contribution in [0.4, 0.5) is 11.5 Å². The van der Waals surface area contributed by atoms with Crippen molar-refractivity contribution >= 4 is 41.1 Å². The van der Waals surface area contributed by atoms with E-state index in [4.69, 9.17) is 16.3 Å². The van der Waals surface area contributed by atoms with Crippen LogP contribution >= 0.6 is 23.4 Å². The Hall–Kier alpha value is -1.79. The molecule has 0 atom stereocenters. The number of halogens is 1. The van der Waals surface area contributed by atoms with Gasteiger partial charge in [0.15, 0.2) is 21.9 Å². The first-order valence-corrected chi connectivity index (χ1v) is 7.87. The number of hydrogen-bond donors (Lipinski definition) is 1. The van der Waals surface area contributed by atoms with Crippen molar-refractivity contribution in [2.45, 2.75) is 11.7 Å². The molecule has 5 nitrogen and oxygen atoms in total. The smallest absolute Gasteiger partial charge is 0.199 e. The van der Waals surface area contributed by atoms with Crippen molar-refractivity contribution in [2.24, 2.45) is 4.99 Å². The van der Waals surface area contributed by atoms with E-state index in [1.54, 1.807) is 7.11 Å². The number of nitrogens with one attached hydrogen (secondary N) is 1. The quantitative estimate of drug-likeness (QED) is 0.530. The summed E-state index contributed by atoms with van der Waals surface area (Å²) in [4.78, 5) is 12.8. The number of ether oxygens (including phenoxy) is 1. The third-order valence-electron chi connectivity index (χ3n) is 3.09. The Morgan fingerprint density at radius 1 is 1.33 bits per heavy atom. The van der Waals surface area contributed by atoms with Crippen LogP contribution in [-0.2, 0) is 6.54 Å². The molecule has 1 aromatic heterocycles. The van der Waals surface area contributed by atoms with Gasteiger partial charge in [0, 0.05) is 11.9 Å². The molecular formula is C14H13ClN4OS. The fourth-order valence-corrected chi connectivity index (χ4v) is 2.74. The van der Waals surface area contributed by atoms with Gasteiger partial charge in [-0.3, -0.25) is 4.99 Å². The molecule has 0 unspecified atom stereocenters. The normalized spacial score (nSPS) is 12.3. The predicted octanol–water partition coefficient (Wildman–Crippen LogP) is 3.54. The zero-order chi connectivity index (χ0) is 14.8. The molecule has 21 heavy (non-hydrogen) atoms. The molecule has 108 valence electrons. The Kier molecular flexibility index (Phi) is 3.98. The highest BCUT2D eigenvalue weighted by molar-refractivity contribution is 7.98. The van der Waals surface area contributed by atoms with Crippen molar-refractivity contribution in [3.05, 3.63) is 34.5 Å². The van der Waals surface area contributed by atoms with Gasteiger partial charge in [-0.05, 0) is 29.5 Å². The number of rotatable bonds is 4. The molecule has 3 rings (SSSR count). The topological polar surface area (TPSA) is 59.4 Å². The Labute approximate surface area is 131 Å². The maximum atomic E-state index is 6.12. The summed E-state index contributed by atoms with van der Waals surface area (Å²) in [5.74, 6) is 0.986. The number of thioether (sulfide) groups is 1. The van der Waals surface area contributed by atoms with Gasteiger partial charge in [0.05, 0.1) is 13.7 Å². The van der Waals surface area contributed by atoms with E-state index < -0.39 is 0 Å². The number of benzene rings is 1. The van der Waals surface area contributed by atoms with Gasteiger partial charge in [-0.15, -0.1) is 0 Å². The van der Waals surface area contributed by atoms with E-state index in [0.29, 0.717) is 21.9 Å². The molecule has 1 N–H and O–H groups in total. The van der Waals surface area contributed by atoms with E-state index in [-0.39, 0.29) is 0 Å². The Balaban J connectivity index is 1.97. The highest BCUT2D eigenvalue weighted by atomic mass is 35.5. The summed E-state index contributed by atoms with van der Waals surface area (Å²) in [6.45, 7) is 0.745. The lowest BCUT2D eigenvalue weighted by molar-refractivity contribution is 0.412. The maximum absolute atomic E-state index is 6.12. The Morgan fingerprint density at radius 2 is 2.19 bits per heavy atom. The largest absolute Gasteiger partial charge is 0.490 e. The molecule has 1 aliphatic rings. The molecule has 0 fully saturated rings. The van der Waals surface area contributed by atoms with E-state index in [9.17, 15) is 0 Å². The van der Waals surface area contributed by atoms with Gasteiger partial charge in [0.25, 0.3) is 0 Å². The number of aromatic nitrogens is 2. The van der Waals surface area contributed by atoms with Gasteiger partial charge >= 0.3 is 0 Å². The van der Waals surface area contributed by atoms with Crippen LogP contribution in [-0.4, -0.2) is 29.5 Å². The minimum atomic E-state index is 0.294. The zero-order valence-corrected chi connectivity index (χ0v) is 13.1. The Bertz CT molecular complexity index is 720. The molecule has 0 spiro atoms. The van der Waals surface area contributed by atoms with Crippen LogP contribution in [0.1, 0.15) is 11.1 Å². The molecule has 0 amide bonds. The van der Waals surface area contributed by atoms with Crippen molar-refractivity contribution in [2.75, 3.05) is 18.7 Å². The summed E-state index contributed by atoms with van der Waals surface area (Å²) in [5, 5.41) is 4.12. The third kappa shape index (κ3) is 2.82. The monoisotopic (exact) mass is 320 g/mol. The first-order chi connectivity index (χ1) is 10.2. The molecule has 7 heteroatoms. The number of aliphatic imine (C=N–C) groups is 1. The van der Waals surface area contributed by atoms with Gasteiger partial charge in [0.2, 0.25) is 0 Å². The minimum Gasteiger partial charge on any atom is -0.490 e. The summed E-state index contributed by atoms with van der Waals surface area (Å²) in [6.07, 6.45) is 3.77. The number of methoxy groups -OCH3 is 1. The fourth-order valence-electron chi connectivity index (χ4n) is 2.08. The van der Waals surface area contributed by atoms with Gasteiger partial charge in [0.1, 0.15) is 0 Å². The van der Waals surface area contributed by atoms with Crippen LogP contribution in [0.2, 0.25) is 5.15 Å². The molecular weight excluding hydrogens is 308 g/mol. The number of nitrogens with zero attached hydrogens (tertiary/aromatic N) is 3. The first kappa shape index (κ1) is 14.2. The molecule has 0 bridgehead atoms. The second-order valence-corrected chi connectivity index (χ2v) is 5.52. The maximum Gasteiger partial charge on any atom is 0.199 e. The number of fused-ring (bicyclic) bond motifs is 1. The molecule has 2 aromatic rings. The second-order valence-electron chi connectivity index (χ2n) is 4.39. The fraction of sp³-hybridized carbons (Fsp3) is 0.214. The molecule has 2 heterocycles. The first-order valence-electron chi connectivity index (χ1n) is 6.26. The van der Waals surface area contributed by atoms with E-state index in [1.165, 1.54) is 17.3 Å². The van der Waals surface area contributed by atoms with Crippen molar-refractivity contribution in [1.29, 1.82) is 0 Å². The van der Waals surface area contributed by atoms with Crippen LogP contribution in [0.5, 0.6) is 5.75 Å². The number of hydrogen-bond acceptors (Lipinski definition) is 6.